The Morgan fingerprint density at radius 2 is 1.72 bits per heavy atom. The molecule has 2 N–H and O–H groups in total. The second-order valence-corrected chi connectivity index (χ2v) is 9.03. The van der Waals surface area contributed by atoms with E-state index in [4.69, 9.17) is 5.11 Å². The number of carboxylic acids is 1. The van der Waals surface area contributed by atoms with Crippen LogP contribution >= 0.6 is 0 Å². The van der Waals surface area contributed by atoms with Crippen molar-refractivity contribution in [2.45, 2.75) is 70.4 Å². The van der Waals surface area contributed by atoms with E-state index < -0.39 is 5.97 Å². The molecule has 1 aliphatic rings. The van der Waals surface area contributed by atoms with Gasteiger partial charge in [0.05, 0.1) is 11.7 Å². The Balaban J connectivity index is 1.41. The van der Waals surface area contributed by atoms with Gasteiger partial charge in [-0.25, -0.2) is 4.79 Å². The summed E-state index contributed by atoms with van der Waals surface area (Å²) < 4.78 is 0. The summed E-state index contributed by atoms with van der Waals surface area (Å²) in [6.07, 6.45) is 6.44. The maximum absolute atomic E-state index is 12.4. The summed E-state index contributed by atoms with van der Waals surface area (Å²) in [5, 5.41) is 19.7. The molecule has 1 unspecified atom stereocenters. The lowest BCUT2D eigenvalue weighted by Gasteiger charge is -2.27. The number of rotatable bonds is 12. The number of carbonyl (C=O) groups is 2. The van der Waals surface area contributed by atoms with E-state index in [2.05, 4.69) is 31.2 Å². The van der Waals surface area contributed by atoms with Crippen molar-refractivity contribution in [1.82, 2.24) is 4.90 Å². The van der Waals surface area contributed by atoms with Crippen LogP contribution in [0.2, 0.25) is 0 Å². The van der Waals surface area contributed by atoms with E-state index in [1.807, 2.05) is 23.1 Å². The van der Waals surface area contributed by atoms with E-state index >= 15 is 0 Å². The topological polar surface area (TPSA) is 77.8 Å². The molecule has 172 valence electrons. The first kappa shape index (κ1) is 24.0. The second-order valence-electron chi connectivity index (χ2n) is 9.03. The lowest BCUT2D eigenvalue weighted by molar-refractivity contribution is -0.129. The zero-order valence-corrected chi connectivity index (χ0v) is 19.0. The van der Waals surface area contributed by atoms with Gasteiger partial charge in [-0.1, -0.05) is 49.4 Å². The van der Waals surface area contributed by atoms with Gasteiger partial charge in [0.25, 0.3) is 0 Å². The molecular formula is C27H35NO4. The van der Waals surface area contributed by atoms with E-state index in [9.17, 15) is 14.7 Å². The van der Waals surface area contributed by atoms with Gasteiger partial charge in [0.1, 0.15) is 0 Å². The number of carboxylic acid groups (broad SMARTS) is 1. The molecule has 1 saturated heterocycles. The second kappa shape index (κ2) is 11.8. The molecule has 0 bridgehead atoms. The summed E-state index contributed by atoms with van der Waals surface area (Å²) in [6, 6.07) is 17.5. The van der Waals surface area contributed by atoms with Gasteiger partial charge in [0.2, 0.25) is 5.91 Å². The van der Waals surface area contributed by atoms with Crippen LogP contribution in [0.3, 0.4) is 0 Å². The number of likely N-dealkylation sites (tertiary alicyclic amines) is 1. The minimum absolute atomic E-state index is 0.183. The highest BCUT2D eigenvalue weighted by Gasteiger charge is 2.31. The fourth-order valence-electron chi connectivity index (χ4n) is 4.58. The highest BCUT2D eigenvalue weighted by molar-refractivity contribution is 5.87. The highest BCUT2D eigenvalue weighted by Crippen LogP contribution is 2.26. The molecule has 32 heavy (non-hydrogen) atoms. The predicted molar refractivity (Wildman–Crippen MR) is 126 cm³/mol. The molecule has 1 fully saturated rings. The Morgan fingerprint density at radius 1 is 1.03 bits per heavy atom. The highest BCUT2D eigenvalue weighted by atomic mass is 16.4. The molecule has 5 nitrogen and oxygen atoms in total. The smallest absolute Gasteiger partial charge is 0.335 e. The quantitative estimate of drug-likeness (QED) is 0.504. The van der Waals surface area contributed by atoms with Gasteiger partial charge < -0.3 is 15.1 Å². The number of aryl methyl sites for hydroxylation is 1. The van der Waals surface area contributed by atoms with E-state index in [0.29, 0.717) is 25.8 Å². The molecule has 2 aromatic carbocycles. The maximum atomic E-state index is 12.4. The first-order valence-corrected chi connectivity index (χ1v) is 11.8. The van der Waals surface area contributed by atoms with Gasteiger partial charge in [-0.15, -0.1) is 0 Å². The van der Waals surface area contributed by atoms with Crippen molar-refractivity contribution in [3.05, 3.63) is 71.3 Å². The fraction of sp³-hybridized carbons (Fsp3) is 0.481. The van der Waals surface area contributed by atoms with Crippen molar-refractivity contribution < 1.29 is 19.8 Å². The largest absolute Gasteiger partial charge is 0.478 e. The van der Waals surface area contributed by atoms with Crippen molar-refractivity contribution in [2.24, 2.45) is 5.92 Å². The van der Waals surface area contributed by atoms with E-state index in [0.717, 1.165) is 37.7 Å². The Hall–Kier alpha value is -2.66. The minimum Gasteiger partial charge on any atom is -0.478 e. The van der Waals surface area contributed by atoms with Gasteiger partial charge in [-0.05, 0) is 74.1 Å². The Kier molecular flexibility index (Phi) is 8.86. The average molecular weight is 438 g/mol. The minimum atomic E-state index is -0.931. The Bertz CT molecular complexity index is 865. The molecule has 0 aromatic heterocycles. The van der Waals surface area contributed by atoms with Crippen LogP contribution in [0.1, 0.15) is 66.9 Å². The Labute approximate surface area is 191 Å². The summed E-state index contributed by atoms with van der Waals surface area (Å²) in [5.74, 6) is -0.501. The van der Waals surface area contributed by atoms with Gasteiger partial charge in [0.15, 0.2) is 0 Å². The molecule has 1 amide bonds. The number of hydrogen-bond donors (Lipinski definition) is 2. The number of nitrogens with zero attached hydrogens (tertiary/aromatic N) is 1. The first-order valence-electron chi connectivity index (χ1n) is 11.8. The lowest BCUT2D eigenvalue weighted by Crippen LogP contribution is -2.35. The third-order valence-electron chi connectivity index (χ3n) is 6.72. The van der Waals surface area contributed by atoms with E-state index in [1.54, 1.807) is 12.1 Å². The van der Waals surface area contributed by atoms with Crippen LogP contribution in [0.15, 0.2) is 54.6 Å². The van der Waals surface area contributed by atoms with Gasteiger partial charge >= 0.3 is 5.97 Å². The van der Waals surface area contributed by atoms with Gasteiger partial charge in [-0.3, -0.25) is 4.79 Å². The zero-order chi connectivity index (χ0) is 22.9. The third-order valence-corrected chi connectivity index (χ3v) is 6.72. The Morgan fingerprint density at radius 3 is 2.41 bits per heavy atom. The number of benzene rings is 2. The van der Waals surface area contributed by atoms with Crippen LogP contribution in [0.25, 0.3) is 0 Å². The van der Waals surface area contributed by atoms with Crippen LogP contribution in [0.5, 0.6) is 0 Å². The number of aromatic carboxylic acids is 1. The normalized spacial score (nSPS) is 18.0. The molecule has 3 atom stereocenters. The number of hydrogen-bond acceptors (Lipinski definition) is 3. The molecule has 0 spiro atoms. The van der Waals surface area contributed by atoms with Gasteiger partial charge in [-0.2, -0.15) is 0 Å². The maximum Gasteiger partial charge on any atom is 0.335 e. The molecule has 1 aliphatic heterocycles. The van der Waals surface area contributed by atoms with E-state index in [1.165, 1.54) is 5.56 Å². The van der Waals surface area contributed by atoms with Crippen LogP contribution < -0.4 is 0 Å². The SMILES string of the molecule is C[C@@H](CCCc1ccccc1)[C@H](O)CCC1CCC(=O)N1CCc1ccc(C(=O)O)cc1. The molecule has 1 heterocycles. The van der Waals surface area contributed by atoms with Crippen molar-refractivity contribution in [3.63, 3.8) is 0 Å². The molecule has 0 saturated carbocycles. The number of carbonyl (C=O) groups excluding carboxylic acids is 1. The zero-order valence-electron chi connectivity index (χ0n) is 19.0. The van der Waals surface area contributed by atoms with Gasteiger partial charge in [0, 0.05) is 19.0 Å². The molecule has 3 rings (SSSR count). The third kappa shape index (κ3) is 6.92. The summed E-state index contributed by atoms with van der Waals surface area (Å²) in [7, 11) is 0. The fourth-order valence-corrected chi connectivity index (χ4v) is 4.58. The first-order chi connectivity index (χ1) is 15.4. The summed E-state index contributed by atoms with van der Waals surface area (Å²) >= 11 is 0. The van der Waals surface area contributed by atoms with Crippen molar-refractivity contribution >= 4 is 11.9 Å². The van der Waals surface area contributed by atoms with Crippen LogP contribution in [0.4, 0.5) is 0 Å². The molecule has 0 aliphatic carbocycles. The molecule has 2 aromatic rings. The van der Waals surface area contributed by atoms with Crippen LogP contribution in [0, 0.1) is 5.92 Å². The summed E-state index contributed by atoms with van der Waals surface area (Å²) in [5.41, 5.74) is 2.64. The monoisotopic (exact) mass is 437 g/mol. The summed E-state index contributed by atoms with van der Waals surface area (Å²) in [6.45, 7) is 2.76. The molecule has 5 heteroatoms. The predicted octanol–water partition coefficient (Wildman–Crippen LogP) is 4.72. The standard InChI is InChI=1S/C27H35NO4/c1-20(6-5-9-21-7-3-2-4-8-21)25(29)16-14-24-15-17-26(30)28(24)19-18-22-10-12-23(13-11-22)27(31)32/h2-4,7-8,10-13,20,24-25,29H,5-6,9,14-19H2,1H3,(H,31,32)/t20-,24?,25+/m0/s1. The average Bonchev–Trinajstić information content (AvgIpc) is 3.16. The van der Waals surface area contributed by atoms with Crippen LogP contribution in [-0.2, 0) is 17.6 Å². The van der Waals surface area contributed by atoms with E-state index in [-0.39, 0.29) is 29.5 Å². The van der Waals surface area contributed by atoms with Crippen molar-refractivity contribution in [1.29, 1.82) is 0 Å². The molecular weight excluding hydrogens is 402 g/mol. The number of aliphatic hydroxyl groups is 1. The van der Waals surface area contributed by atoms with Crippen LogP contribution in [-0.4, -0.2) is 45.7 Å². The lowest BCUT2D eigenvalue weighted by atomic mass is 9.92. The van der Waals surface area contributed by atoms with Crippen molar-refractivity contribution in [2.75, 3.05) is 6.54 Å². The molecule has 0 radical (unpaired) electrons. The number of amides is 1. The number of aliphatic hydroxyl groups excluding tert-OH is 1. The van der Waals surface area contributed by atoms with Crippen molar-refractivity contribution in [3.8, 4) is 0 Å². The summed E-state index contributed by atoms with van der Waals surface area (Å²) in [4.78, 5) is 25.3.